The van der Waals surface area contributed by atoms with Gasteiger partial charge in [-0.2, -0.15) is 0 Å². The number of nitrogens with zero attached hydrogens (tertiary/aromatic N) is 2. The van der Waals surface area contributed by atoms with Crippen LogP contribution in [-0.2, 0) is 5.75 Å². The van der Waals surface area contributed by atoms with Crippen LogP contribution < -0.4 is 15.2 Å². The number of amidine groups is 1. The highest BCUT2D eigenvalue weighted by molar-refractivity contribution is 8.13. The quantitative estimate of drug-likeness (QED) is 0.630. The number of likely N-dealkylation sites (tertiary alicyclic amines) is 1. The topological polar surface area (TPSA) is 77.1 Å². The highest BCUT2D eigenvalue weighted by Crippen LogP contribution is 2.34. The SMILES string of the molecule is NC(=Nc1ccc2c(c1)OCCO2)SCc1ccc(C(=O)N2CCCC2)cc1. The summed E-state index contributed by atoms with van der Waals surface area (Å²) in [5.74, 6) is 2.25. The first kappa shape index (κ1) is 18.7. The first-order chi connectivity index (χ1) is 13.7. The number of hydrogen-bond acceptors (Lipinski definition) is 5. The maximum atomic E-state index is 12.4. The minimum absolute atomic E-state index is 0.122. The number of aliphatic imine (C=N–C) groups is 1. The summed E-state index contributed by atoms with van der Waals surface area (Å²) >= 11 is 1.46. The summed E-state index contributed by atoms with van der Waals surface area (Å²) in [6, 6.07) is 13.3. The zero-order chi connectivity index (χ0) is 19.3. The standard InChI is InChI=1S/C21H23N3O3S/c22-21(23-17-7-8-18-19(13-17)27-12-11-26-18)28-14-15-3-5-16(6-4-15)20(25)24-9-1-2-10-24/h3-8,13H,1-2,9-12,14H2,(H2,22,23). The van der Waals surface area contributed by atoms with E-state index in [0.717, 1.165) is 48.5 Å². The second-order valence-corrected chi connectivity index (χ2v) is 7.76. The Hall–Kier alpha value is -2.67. The van der Waals surface area contributed by atoms with Crippen molar-refractivity contribution in [2.24, 2.45) is 10.7 Å². The average Bonchev–Trinajstić information content (AvgIpc) is 3.27. The Kier molecular flexibility index (Phi) is 5.71. The fourth-order valence-corrected chi connectivity index (χ4v) is 3.94. The van der Waals surface area contributed by atoms with Gasteiger partial charge in [-0.3, -0.25) is 4.79 Å². The van der Waals surface area contributed by atoms with Crippen molar-refractivity contribution in [3.05, 3.63) is 53.6 Å². The normalized spacial score (nSPS) is 16.3. The summed E-state index contributed by atoms with van der Waals surface area (Å²) in [7, 11) is 0. The van der Waals surface area contributed by atoms with Crippen LogP contribution in [0.5, 0.6) is 11.5 Å². The minimum atomic E-state index is 0.122. The predicted octanol–water partition coefficient (Wildman–Crippen LogP) is 3.57. The molecule has 1 saturated heterocycles. The first-order valence-electron chi connectivity index (χ1n) is 9.44. The van der Waals surface area contributed by atoms with Gasteiger partial charge in [0.15, 0.2) is 16.7 Å². The summed E-state index contributed by atoms with van der Waals surface area (Å²) in [5.41, 5.74) is 8.65. The van der Waals surface area contributed by atoms with Crippen LogP contribution in [0, 0.1) is 0 Å². The molecule has 7 heteroatoms. The van der Waals surface area contributed by atoms with Crippen molar-refractivity contribution in [1.29, 1.82) is 0 Å². The molecule has 0 unspecified atom stereocenters. The van der Waals surface area contributed by atoms with Crippen LogP contribution in [0.4, 0.5) is 5.69 Å². The van der Waals surface area contributed by atoms with Crippen molar-refractivity contribution in [3.8, 4) is 11.5 Å². The number of ether oxygens (including phenoxy) is 2. The van der Waals surface area contributed by atoms with Crippen LogP contribution in [0.2, 0.25) is 0 Å². The van der Waals surface area contributed by atoms with Crippen LogP contribution in [0.1, 0.15) is 28.8 Å². The van der Waals surface area contributed by atoms with Gasteiger partial charge in [-0.05, 0) is 42.7 Å². The molecule has 0 bridgehead atoms. The maximum absolute atomic E-state index is 12.4. The molecule has 2 N–H and O–H groups in total. The van der Waals surface area contributed by atoms with Gasteiger partial charge in [0, 0.05) is 30.5 Å². The van der Waals surface area contributed by atoms with Gasteiger partial charge in [0.2, 0.25) is 0 Å². The number of carbonyl (C=O) groups is 1. The molecule has 0 aliphatic carbocycles. The third kappa shape index (κ3) is 4.42. The Morgan fingerprint density at radius 3 is 2.50 bits per heavy atom. The van der Waals surface area contributed by atoms with Gasteiger partial charge in [0.05, 0.1) is 5.69 Å². The van der Waals surface area contributed by atoms with Crippen molar-refractivity contribution < 1.29 is 14.3 Å². The fraction of sp³-hybridized carbons (Fsp3) is 0.333. The van der Waals surface area contributed by atoms with E-state index in [0.29, 0.717) is 29.9 Å². The molecule has 0 radical (unpaired) electrons. The van der Waals surface area contributed by atoms with E-state index >= 15 is 0 Å². The molecule has 28 heavy (non-hydrogen) atoms. The molecule has 4 rings (SSSR count). The Balaban J connectivity index is 1.34. The van der Waals surface area contributed by atoms with Crippen molar-refractivity contribution in [2.75, 3.05) is 26.3 Å². The Bertz CT molecular complexity index is 877. The number of nitrogens with two attached hydrogens (primary N) is 1. The number of rotatable bonds is 4. The molecule has 0 spiro atoms. The lowest BCUT2D eigenvalue weighted by Gasteiger charge is -2.18. The van der Waals surface area contributed by atoms with Gasteiger partial charge < -0.3 is 20.1 Å². The second kappa shape index (κ2) is 8.56. The lowest BCUT2D eigenvalue weighted by Crippen LogP contribution is -2.27. The van der Waals surface area contributed by atoms with E-state index < -0.39 is 0 Å². The molecule has 0 aromatic heterocycles. The number of thioether (sulfide) groups is 1. The highest BCUT2D eigenvalue weighted by atomic mass is 32.2. The summed E-state index contributed by atoms with van der Waals surface area (Å²) in [6.07, 6.45) is 2.20. The lowest BCUT2D eigenvalue weighted by molar-refractivity contribution is 0.0793. The molecule has 0 atom stereocenters. The summed E-state index contributed by atoms with van der Waals surface area (Å²) in [4.78, 5) is 18.8. The van der Waals surface area contributed by atoms with Gasteiger partial charge in [0.1, 0.15) is 13.2 Å². The zero-order valence-electron chi connectivity index (χ0n) is 15.6. The smallest absolute Gasteiger partial charge is 0.253 e. The third-order valence-corrected chi connectivity index (χ3v) is 5.61. The zero-order valence-corrected chi connectivity index (χ0v) is 16.4. The summed E-state index contributed by atoms with van der Waals surface area (Å²) < 4.78 is 11.1. The Labute approximate surface area is 168 Å². The van der Waals surface area contributed by atoms with Crippen LogP contribution in [0.3, 0.4) is 0 Å². The van der Waals surface area contributed by atoms with Crippen molar-refractivity contribution in [3.63, 3.8) is 0 Å². The number of hydrogen-bond donors (Lipinski definition) is 1. The minimum Gasteiger partial charge on any atom is -0.486 e. The third-order valence-electron chi connectivity index (χ3n) is 4.75. The predicted molar refractivity (Wildman–Crippen MR) is 112 cm³/mol. The number of carbonyl (C=O) groups excluding carboxylic acids is 1. The molecular formula is C21H23N3O3S. The van der Waals surface area contributed by atoms with Crippen LogP contribution in [-0.4, -0.2) is 42.3 Å². The van der Waals surface area contributed by atoms with Crippen LogP contribution in [0.15, 0.2) is 47.5 Å². The first-order valence-corrected chi connectivity index (χ1v) is 10.4. The molecule has 1 amide bonds. The molecule has 2 aliphatic rings. The molecule has 1 fully saturated rings. The van der Waals surface area contributed by atoms with Crippen molar-refractivity contribution >= 4 is 28.5 Å². The van der Waals surface area contributed by atoms with Crippen molar-refractivity contribution in [1.82, 2.24) is 4.90 Å². The average molecular weight is 398 g/mol. The highest BCUT2D eigenvalue weighted by Gasteiger charge is 2.19. The summed E-state index contributed by atoms with van der Waals surface area (Å²) in [6.45, 7) is 2.84. The molecular weight excluding hydrogens is 374 g/mol. The number of amides is 1. The van der Waals surface area contributed by atoms with E-state index in [9.17, 15) is 4.79 Å². The number of fused-ring (bicyclic) bond motifs is 1. The van der Waals surface area contributed by atoms with Crippen LogP contribution in [0.25, 0.3) is 0 Å². The van der Waals surface area contributed by atoms with E-state index in [1.807, 2.05) is 47.4 Å². The van der Waals surface area contributed by atoms with E-state index in [2.05, 4.69) is 4.99 Å². The van der Waals surface area contributed by atoms with E-state index in [1.165, 1.54) is 11.8 Å². The molecule has 2 heterocycles. The summed E-state index contributed by atoms with van der Waals surface area (Å²) in [5, 5.41) is 0.480. The molecule has 2 aromatic carbocycles. The lowest BCUT2D eigenvalue weighted by atomic mass is 10.1. The van der Waals surface area contributed by atoms with Gasteiger partial charge in [-0.1, -0.05) is 23.9 Å². The van der Waals surface area contributed by atoms with Gasteiger partial charge in [-0.25, -0.2) is 4.99 Å². The molecule has 0 saturated carbocycles. The molecule has 146 valence electrons. The maximum Gasteiger partial charge on any atom is 0.253 e. The van der Waals surface area contributed by atoms with Gasteiger partial charge in [0.25, 0.3) is 5.91 Å². The van der Waals surface area contributed by atoms with E-state index in [4.69, 9.17) is 15.2 Å². The van der Waals surface area contributed by atoms with Crippen LogP contribution >= 0.6 is 11.8 Å². The monoisotopic (exact) mass is 397 g/mol. The van der Waals surface area contributed by atoms with E-state index in [1.54, 1.807) is 0 Å². The van der Waals surface area contributed by atoms with E-state index in [-0.39, 0.29) is 5.91 Å². The molecule has 6 nitrogen and oxygen atoms in total. The van der Waals surface area contributed by atoms with Gasteiger partial charge in [-0.15, -0.1) is 0 Å². The largest absolute Gasteiger partial charge is 0.486 e. The molecule has 2 aliphatic heterocycles. The Morgan fingerprint density at radius 1 is 1.04 bits per heavy atom. The number of benzene rings is 2. The Morgan fingerprint density at radius 2 is 1.75 bits per heavy atom. The molecule has 2 aromatic rings. The fourth-order valence-electron chi connectivity index (χ4n) is 3.26. The second-order valence-electron chi connectivity index (χ2n) is 6.76. The van der Waals surface area contributed by atoms with Crippen molar-refractivity contribution in [2.45, 2.75) is 18.6 Å². The van der Waals surface area contributed by atoms with Gasteiger partial charge >= 0.3 is 0 Å².